The Kier molecular flexibility index (Phi) is 2.60. The summed E-state index contributed by atoms with van der Waals surface area (Å²) < 4.78 is 1.75. The molecule has 1 aliphatic rings. The molecule has 1 atom stereocenters. The highest BCUT2D eigenvalue weighted by Gasteiger charge is 2.28. The molecule has 2 aromatic rings. The topological polar surface area (TPSA) is 58.4 Å². The number of β-amino-alcohol motifs (C(OH)–C–C–N with tert-alkyl or cyclic N) is 1. The molecule has 1 amide bonds. The van der Waals surface area contributed by atoms with E-state index in [1.165, 1.54) is 0 Å². The van der Waals surface area contributed by atoms with Gasteiger partial charge in [0.1, 0.15) is 0 Å². The van der Waals surface area contributed by atoms with Crippen molar-refractivity contribution in [1.82, 2.24) is 9.78 Å². The number of hydrogen-bond donors (Lipinski definition) is 1. The highest BCUT2D eigenvalue weighted by atomic mass is 16.3. The Balaban J connectivity index is 1.85. The lowest BCUT2D eigenvalue weighted by atomic mass is 10.2. The van der Waals surface area contributed by atoms with Crippen molar-refractivity contribution in [3.8, 4) is 5.69 Å². The lowest BCUT2D eigenvalue weighted by Crippen LogP contribution is -2.25. The lowest BCUT2D eigenvalue weighted by molar-refractivity contribution is -0.117. The molecule has 0 radical (unpaired) electrons. The van der Waals surface area contributed by atoms with E-state index in [-0.39, 0.29) is 12.3 Å². The van der Waals surface area contributed by atoms with Crippen LogP contribution >= 0.6 is 0 Å². The third kappa shape index (κ3) is 1.89. The van der Waals surface area contributed by atoms with Gasteiger partial charge in [-0.25, -0.2) is 4.68 Å². The van der Waals surface area contributed by atoms with Gasteiger partial charge in [-0.1, -0.05) is 0 Å². The van der Waals surface area contributed by atoms with Crippen molar-refractivity contribution < 1.29 is 9.90 Å². The molecule has 0 aliphatic carbocycles. The summed E-state index contributed by atoms with van der Waals surface area (Å²) in [5.74, 6) is -0.0330. The molecule has 3 rings (SSSR count). The SMILES string of the molecule is O=C1CC(O)CN1c1ccc(-n2cccn2)cc1. The molecule has 2 heterocycles. The molecule has 1 aliphatic heterocycles. The third-order valence-electron chi connectivity index (χ3n) is 3.03. The van der Waals surface area contributed by atoms with E-state index < -0.39 is 6.10 Å². The van der Waals surface area contributed by atoms with Gasteiger partial charge in [0.2, 0.25) is 5.91 Å². The van der Waals surface area contributed by atoms with Gasteiger partial charge in [-0.15, -0.1) is 0 Å². The van der Waals surface area contributed by atoms with Crippen LogP contribution in [0.1, 0.15) is 6.42 Å². The van der Waals surface area contributed by atoms with E-state index in [2.05, 4.69) is 5.10 Å². The van der Waals surface area contributed by atoms with Crippen LogP contribution in [-0.2, 0) is 4.79 Å². The van der Waals surface area contributed by atoms with E-state index in [0.29, 0.717) is 6.54 Å². The van der Waals surface area contributed by atoms with Gasteiger partial charge in [0.25, 0.3) is 0 Å². The first-order valence-electron chi connectivity index (χ1n) is 5.82. The Labute approximate surface area is 104 Å². The molecule has 1 fully saturated rings. The maximum atomic E-state index is 11.6. The quantitative estimate of drug-likeness (QED) is 0.855. The van der Waals surface area contributed by atoms with E-state index in [0.717, 1.165) is 11.4 Å². The van der Waals surface area contributed by atoms with E-state index in [1.807, 2.05) is 36.5 Å². The minimum atomic E-state index is -0.553. The smallest absolute Gasteiger partial charge is 0.229 e. The molecule has 1 saturated heterocycles. The molecule has 1 aromatic carbocycles. The molecule has 5 heteroatoms. The normalized spacial score (nSPS) is 19.5. The number of rotatable bonds is 2. The summed E-state index contributed by atoms with van der Waals surface area (Å²) in [6, 6.07) is 9.40. The summed E-state index contributed by atoms with van der Waals surface area (Å²) in [5, 5.41) is 13.6. The van der Waals surface area contributed by atoms with Crippen LogP contribution in [-0.4, -0.2) is 33.4 Å². The second kappa shape index (κ2) is 4.27. The van der Waals surface area contributed by atoms with Gasteiger partial charge in [-0.05, 0) is 30.3 Å². The molecule has 1 aromatic heterocycles. The second-order valence-corrected chi connectivity index (χ2v) is 4.33. The highest BCUT2D eigenvalue weighted by molar-refractivity contribution is 5.96. The van der Waals surface area contributed by atoms with Crippen molar-refractivity contribution in [2.45, 2.75) is 12.5 Å². The number of amides is 1. The Bertz CT molecular complexity index is 548. The second-order valence-electron chi connectivity index (χ2n) is 4.33. The van der Waals surface area contributed by atoms with E-state index in [9.17, 15) is 9.90 Å². The molecule has 18 heavy (non-hydrogen) atoms. The van der Waals surface area contributed by atoms with Gasteiger partial charge >= 0.3 is 0 Å². The number of carbonyl (C=O) groups excluding carboxylic acids is 1. The van der Waals surface area contributed by atoms with Crippen LogP contribution in [0.2, 0.25) is 0 Å². The van der Waals surface area contributed by atoms with Crippen molar-refractivity contribution >= 4 is 11.6 Å². The van der Waals surface area contributed by atoms with Crippen LogP contribution in [0.4, 0.5) is 5.69 Å². The van der Waals surface area contributed by atoms with Gasteiger partial charge in [-0.2, -0.15) is 5.10 Å². The van der Waals surface area contributed by atoms with Crippen LogP contribution in [0.3, 0.4) is 0 Å². The number of aliphatic hydroxyl groups is 1. The first-order valence-corrected chi connectivity index (χ1v) is 5.82. The van der Waals surface area contributed by atoms with Crippen LogP contribution in [0.25, 0.3) is 5.69 Å². The fourth-order valence-corrected chi connectivity index (χ4v) is 2.15. The maximum Gasteiger partial charge on any atom is 0.229 e. The lowest BCUT2D eigenvalue weighted by Gasteiger charge is -2.16. The molecule has 0 saturated carbocycles. The van der Waals surface area contributed by atoms with Crippen molar-refractivity contribution in [2.24, 2.45) is 0 Å². The number of anilines is 1. The van der Waals surface area contributed by atoms with Crippen LogP contribution < -0.4 is 4.90 Å². The summed E-state index contributed by atoms with van der Waals surface area (Å²) in [6.45, 7) is 0.375. The van der Waals surface area contributed by atoms with Crippen molar-refractivity contribution in [2.75, 3.05) is 11.4 Å². The predicted octanol–water partition coefficient (Wildman–Crippen LogP) is 0.970. The average Bonchev–Trinajstić information content (AvgIpc) is 2.99. The molecule has 1 unspecified atom stereocenters. The van der Waals surface area contributed by atoms with Crippen molar-refractivity contribution in [1.29, 1.82) is 0 Å². The standard InChI is InChI=1S/C13H13N3O2/c17-12-8-13(18)15(9-12)10-2-4-11(5-3-10)16-7-1-6-14-16/h1-7,12,17H,8-9H2. The summed E-state index contributed by atoms with van der Waals surface area (Å²) in [6.07, 6.45) is 3.23. The number of hydrogen-bond acceptors (Lipinski definition) is 3. The number of carbonyl (C=O) groups is 1. The summed E-state index contributed by atoms with van der Waals surface area (Å²) >= 11 is 0. The Morgan fingerprint density at radius 2 is 1.94 bits per heavy atom. The molecule has 5 nitrogen and oxygen atoms in total. The largest absolute Gasteiger partial charge is 0.391 e. The monoisotopic (exact) mass is 243 g/mol. The summed E-state index contributed by atoms with van der Waals surface area (Å²) in [7, 11) is 0. The van der Waals surface area contributed by atoms with Crippen molar-refractivity contribution in [3.63, 3.8) is 0 Å². The molecule has 92 valence electrons. The minimum absolute atomic E-state index is 0.0330. The number of nitrogens with zero attached hydrogens (tertiary/aromatic N) is 3. The average molecular weight is 243 g/mol. The van der Waals surface area contributed by atoms with Crippen LogP contribution in [0, 0.1) is 0 Å². The zero-order valence-electron chi connectivity index (χ0n) is 9.73. The fourth-order valence-electron chi connectivity index (χ4n) is 2.15. The molecule has 0 bridgehead atoms. The molecular weight excluding hydrogens is 230 g/mol. The van der Waals surface area contributed by atoms with E-state index in [1.54, 1.807) is 15.8 Å². The van der Waals surface area contributed by atoms with Gasteiger partial charge in [0.05, 0.1) is 24.8 Å². The Morgan fingerprint density at radius 1 is 1.22 bits per heavy atom. The third-order valence-corrected chi connectivity index (χ3v) is 3.03. The molecular formula is C13H13N3O2. The maximum absolute atomic E-state index is 11.6. The number of aromatic nitrogens is 2. The van der Waals surface area contributed by atoms with Gasteiger partial charge in [-0.3, -0.25) is 4.79 Å². The van der Waals surface area contributed by atoms with Gasteiger partial charge in [0.15, 0.2) is 0 Å². The van der Waals surface area contributed by atoms with Gasteiger partial charge < -0.3 is 10.0 Å². The Morgan fingerprint density at radius 3 is 2.50 bits per heavy atom. The number of benzene rings is 1. The van der Waals surface area contributed by atoms with E-state index >= 15 is 0 Å². The zero-order valence-corrected chi connectivity index (χ0v) is 9.73. The van der Waals surface area contributed by atoms with Gasteiger partial charge in [0, 0.05) is 18.1 Å². The number of aliphatic hydroxyl groups excluding tert-OH is 1. The van der Waals surface area contributed by atoms with Crippen LogP contribution in [0.15, 0.2) is 42.7 Å². The van der Waals surface area contributed by atoms with E-state index in [4.69, 9.17) is 0 Å². The first kappa shape index (κ1) is 11.0. The molecule has 0 spiro atoms. The molecule has 1 N–H and O–H groups in total. The summed E-state index contributed by atoms with van der Waals surface area (Å²) in [4.78, 5) is 13.3. The summed E-state index contributed by atoms with van der Waals surface area (Å²) in [5.41, 5.74) is 1.75. The first-order chi connectivity index (χ1) is 8.74. The Hall–Kier alpha value is -2.14. The van der Waals surface area contributed by atoms with Crippen LogP contribution in [0.5, 0.6) is 0 Å². The zero-order chi connectivity index (χ0) is 12.5. The fraction of sp³-hybridized carbons (Fsp3) is 0.231. The van der Waals surface area contributed by atoms with Crippen molar-refractivity contribution in [3.05, 3.63) is 42.7 Å². The highest BCUT2D eigenvalue weighted by Crippen LogP contribution is 2.22. The predicted molar refractivity (Wildman–Crippen MR) is 66.5 cm³/mol. The minimum Gasteiger partial charge on any atom is -0.391 e.